The molecule has 0 saturated carbocycles. The number of likely N-dealkylation sites (tertiary alicyclic amines) is 2. The number of imidazole rings is 2. The van der Waals surface area contributed by atoms with E-state index < -0.39 is 24.3 Å². The number of methoxy groups -OCH3 is 2. The molecule has 14 heteroatoms. The molecule has 5 aromatic rings. The van der Waals surface area contributed by atoms with E-state index in [9.17, 15) is 19.2 Å². The number of rotatable bonds is 10. The highest BCUT2D eigenvalue weighted by atomic mass is 16.5. The fourth-order valence-corrected chi connectivity index (χ4v) is 8.33. The van der Waals surface area contributed by atoms with E-state index in [2.05, 4.69) is 69.1 Å². The first-order chi connectivity index (χ1) is 27.9. The van der Waals surface area contributed by atoms with Crippen LogP contribution in [0.15, 0.2) is 60.8 Å². The van der Waals surface area contributed by atoms with Gasteiger partial charge in [-0.25, -0.2) is 19.6 Å². The van der Waals surface area contributed by atoms with E-state index in [-0.39, 0.29) is 35.7 Å². The first-order valence-corrected chi connectivity index (χ1v) is 20.3. The Morgan fingerprint density at radius 2 is 1.19 bits per heavy atom. The smallest absolute Gasteiger partial charge is 0.407 e. The van der Waals surface area contributed by atoms with Crippen molar-refractivity contribution in [1.82, 2.24) is 40.4 Å². The van der Waals surface area contributed by atoms with Gasteiger partial charge in [0.2, 0.25) is 11.8 Å². The molecule has 0 radical (unpaired) electrons. The topological polar surface area (TPSA) is 175 Å². The standard InChI is InChI=1S/C44H54N8O6/c1-25(2)37(49-43(55)57-5)41(53)51-19-9-7-11-35(51)39-45-24-34(48-39)31-16-15-27-21-28(13-14-29(27)22-31)30-17-18-32-33(23-30)47-40(46-32)36-12-8-10-20-52(36)42(54)38(26(3)4)50-44(56)58-6/h13-18,21-26,35-38H,7-12,19-20H2,1-6H3,(H,45,48)(H,46,47)(H,49,55)(H,50,56). The van der Waals surface area contributed by atoms with Gasteiger partial charge in [-0.3, -0.25) is 9.59 Å². The number of carbonyl (C=O) groups is 4. The molecule has 2 aliphatic rings. The SMILES string of the molecule is COC(=O)NC(C(=O)N1CCCCC1c1ncc(-c2ccc3cc(-c4ccc5nc(C6CCCCN6C(=O)C(NC(=O)OC)C(C)C)[nH]c5c4)ccc3c2)[nH]1)C(C)C. The van der Waals surface area contributed by atoms with Gasteiger partial charge < -0.3 is 39.9 Å². The number of hydrogen-bond donors (Lipinski definition) is 4. The minimum absolute atomic E-state index is 0.111. The number of hydrogen-bond acceptors (Lipinski definition) is 8. The quantitative estimate of drug-likeness (QED) is 0.112. The summed E-state index contributed by atoms with van der Waals surface area (Å²) in [6.07, 6.45) is 5.88. The van der Waals surface area contributed by atoms with Crippen LogP contribution in [0.25, 0.3) is 44.2 Å². The maximum absolute atomic E-state index is 13.8. The van der Waals surface area contributed by atoms with Gasteiger partial charge in [-0.1, -0.05) is 58.0 Å². The third-order valence-electron chi connectivity index (χ3n) is 11.6. The van der Waals surface area contributed by atoms with Crippen molar-refractivity contribution in [1.29, 1.82) is 0 Å². The summed E-state index contributed by atoms with van der Waals surface area (Å²) in [4.78, 5) is 72.1. The lowest BCUT2D eigenvalue weighted by molar-refractivity contribution is -0.139. The molecular weight excluding hydrogens is 737 g/mol. The highest BCUT2D eigenvalue weighted by molar-refractivity contribution is 5.92. The Hall–Kier alpha value is -5.92. The number of fused-ring (bicyclic) bond motifs is 2. The van der Waals surface area contributed by atoms with Crippen LogP contribution in [0, 0.1) is 11.8 Å². The second-order valence-electron chi connectivity index (χ2n) is 16.1. The zero-order valence-electron chi connectivity index (χ0n) is 34.1. The van der Waals surface area contributed by atoms with Gasteiger partial charge >= 0.3 is 12.2 Å². The summed E-state index contributed by atoms with van der Waals surface area (Å²) >= 11 is 0. The van der Waals surface area contributed by atoms with Gasteiger partial charge in [0.05, 0.1) is 49.2 Å². The second-order valence-corrected chi connectivity index (χ2v) is 16.1. The number of amides is 4. The average Bonchev–Trinajstić information content (AvgIpc) is 3.91. The summed E-state index contributed by atoms with van der Waals surface area (Å²) in [7, 11) is 2.59. The summed E-state index contributed by atoms with van der Waals surface area (Å²) in [6, 6.07) is 17.1. The van der Waals surface area contributed by atoms with Crippen LogP contribution in [0.2, 0.25) is 0 Å². The molecule has 2 saturated heterocycles. The van der Waals surface area contributed by atoms with Crippen molar-refractivity contribution in [3.63, 3.8) is 0 Å². The Kier molecular flexibility index (Phi) is 12.0. The Morgan fingerprint density at radius 1 is 0.672 bits per heavy atom. The van der Waals surface area contributed by atoms with Crippen LogP contribution in [-0.2, 0) is 19.1 Å². The number of nitrogens with one attached hydrogen (secondary N) is 4. The predicted octanol–water partition coefficient (Wildman–Crippen LogP) is 7.64. The van der Waals surface area contributed by atoms with E-state index in [4.69, 9.17) is 19.4 Å². The number of aromatic amines is 2. The first kappa shape index (κ1) is 40.3. The fraction of sp³-hybridized carbons (Fsp3) is 0.455. The molecule has 0 aliphatic carbocycles. The molecule has 0 bridgehead atoms. The molecule has 4 heterocycles. The Balaban J connectivity index is 1.09. The van der Waals surface area contributed by atoms with Gasteiger partial charge in [-0.05, 0) is 96.5 Å². The number of carbonyl (C=O) groups excluding carboxylic acids is 4. The lowest BCUT2D eigenvalue weighted by atomic mass is 9.97. The van der Waals surface area contributed by atoms with Crippen LogP contribution in [0.4, 0.5) is 9.59 Å². The molecule has 7 rings (SSSR count). The van der Waals surface area contributed by atoms with Crippen LogP contribution in [-0.4, -0.2) is 93.1 Å². The Labute approximate surface area is 338 Å². The molecule has 4 unspecified atom stereocenters. The van der Waals surface area contributed by atoms with Crippen LogP contribution >= 0.6 is 0 Å². The van der Waals surface area contributed by atoms with Gasteiger partial charge in [0.15, 0.2) is 0 Å². The molecule has 2 fully saturated rings. The van der Waals surface area contributed by atoms with Gasteiger partial charge in [-0.15, -0.1) is 0 Å². The molecule has 3 aromatic carbocycles. The normalized spacial score (nSPS) is 18.3. The number of benzene rings is 3. The minimum atomic E-state index is -0.698. The highest BCUT2D eigenvalue weighted by Crippen LogP contribution is 2.35. The van der Waals surface area contributed by atoms with Gasteiger partial charge in [-0.2, -0.15) is 0 Å². The summed E-state index contributed by atoms with van der Waals surface area (Å²) in [5.41, 5.74) is 5.68. The largest absolute Gasteiger partial charge is 0.453 e. The van der Waals surface area contributed by atoms with Crippen molar-refractivity contribution in [2.75, 3.05) is 27.3 Å². The number of aromatic nitrogens is 4. The van der Waals surface area contributed by atoms with E-state index in [0.717, 1.165) is 94.4 Å². The summed E-state index contributed by atoms with van der Waals surface area (Å²) in [5, 5.41) is 7.62. The zero-order chi connectivity index (χ0) is 41.1. The highest BCUT2D eigenvalue weighted by Gasteiger charge is 2.37. The van der Waals surface area contributed by atoms with Crippen molar-refractivity contribution in [3.8, 4) is 22.4 Å². The summed E-state index contributed by atoms with van der Waals surface area (Å²) < 4.78 is 9.59. The summed E-state index contributed by atoms with van der Waals surface area (Å²) in [6.45, 7) is 8.83. The van der Waals surface area contributed by atoms with Crippen LogP contribution < -0.4 is 10.6 Å². The van der Waals surface area contributed by atoms with Crippen molar-refractivity contribution >= 4 is 45.8 Å². The predicted molar refractivity (Wildman–Crippen MR) is 222 cm³/mol. The fourth-order valence-electron chi connectivity index (χ4n) is 8.33. The van der Waals surface area contributed by atoms with Crippen molar-refractivity contribution in [2.24, 2.45) is 11.8 Å². The summed E-state index contributed by atoms with van der Waals surface area (Å²) in [5.74, 6) is 0.984. The van der Waals surface area contributed by atoms with E-state index in [1.165, 1.54) is 14.2 Å². The molecule has 2 aromatic heterocycles. The lowest BCUT2D eigenvalue weighted by Gasteiger charge is -2.37. The zero-order valence-corrected chi connectivity index (χ0v) is 34.1. The first-order valence-electron chi connectivity index (χ1n) is 20.3. The maximum Gasteiger partial charge on any atom is 0.407 e. The molecule has 58 heavy (non-hydrogen) atoms. The lowest BCUT2D eigenvalue weighted by Crippen LogP contribution is -2.53. The van der Waals surface area contributed by atoms with Crippen molar-refractivity contribution in [3.05, 3.63) is 72.4 Å². The van der Waals surface area contributed by atoms with Gasteiger partial charge in [0, 0.05) is 18.7 Å². The number of nitrogens with zero attached hydrogens (tertiary/aromatic N) is 4. The van der Waals surface area contributed by atoms with Crippen LogP contribution in [0.3, 0.4) is 0 Å². The van der Waals surface area contributed by atoms with Crippen molar-refractivity contribution < 1.29 is 28.7 Å². The minimum Gasteiger partial charge on any atom is -0.453 e. The van der Waals surface area contributed by atoms with E-state index >= 15 is 0 Å². The number of alkyl carbamates (subject to hydrolysis) is 2. The average molecular weight is 791 g/mol. The molecule has 4 atom stereocenters. The van der Waals surface area contributed by atoms with Crippen LogP contribution in [0.5, 0.6) is 0 Å². The van der Waals surface area contributed by atoms with Gasteiger partial charge in [0.1, 0.15) is 23.7 Å². The molecule has 306 valence electrons. The van der Waals surface area contributed by atoms with E-state index in [1.54, 1.807) is 0 Å². The monoisotopic (exact) mass is 790 g/mol. The molecule has 14 nitrogen and oxygen atoms in total. The number of ether oxygens (including phenoxy) is 2. The Bertz CT molecular complexity index is 2300. The third-order valence-corrected chi connectivity index (χ3v) is 11.6. The number of H-pyrrole nitrogens is 2. The molecule has 4 N–H and O–H groups in total. The van der Waals surface area contributed by atoms with Crippen molar-refractivity contribution in [2.45, 2.75) is 90.4 Å². The Morgan fingerprint density at radius 3 is 1.76 bits per heavy atom. The van der Waals surface area contributed by atoms with Crippen LogP contribution in [0.1, 0.15) is 90.0 Å². The van der Waals surface area contributed by atoms with Gasteiger partial charge in [0.25, 0.3) is 0 Å². The molecule has 2 aliphatic heterocycles. The maximum atomic E-state index is 13.8. The third kappa shape index (κ3) is 8.37. The molecule has 0 spiro atoms. The second kappa shape index (κ2) is 17.3. The molecule has 4 amide bonds. The van der Waals surface area contributed by atoms with E-state index in [1.807, 2.05) is 49.8 Å². The van der Waals surface area contributed by atoms with E-state index in [0.29, 0.717) is 13.1 Å². The molecular formula is C44H54N8O6. The number of piperidine rings is 2.